The number of aromatic nitrogens is 1. The van der Waals surface area contributed by atoms with Crippen LogP contribution in [0.4, 0.5) is 0 Å². The van der Waals surface area contributed by atoms with Crippen LogP contribution < -0.4 is 5.32 Å². The topological polar surface area (TPSA) is 28.2 Å². The Morgan fingerprint density at radius 2 is 2.47 bits per heavy atom. The summed E-state index contributed by atoms with van der Waals surface area (Å²) >= 11 is 7.53. The van der Waals surface area contributed by atoms with Gasteiger partial charge in [-0.15, -0.1) is 11.3 Å². The summed E-state index contributed by atoms with van der Waals surface area (Å²) in [4.78, 5) is 6.92. The lowest BCUT2D eigenvalue weighted by atomic mass is 9.99. The molecule has 0 aromatic carbocycles. The molecule has 0 radical (unpaired) electrons. The number of halogens is 1. The highest BCUT2D eigenvalue weighted by Crippen LogP contribution is 2.25. The van der Waals surface area contributed by atoms with Gasteiger partial charge >= 0.3 is 0 Å². The average molecular weight is 274 g/mol. The Balaban J connectivity index is 1.91. The molecule has 1 fully saturated rings. The molecule has 1 saturated heterocycles. The van der Waals surface area contributed by atoms with E-state index in [0.717, 1.165) is 22.4 Å². The average Bonchev–Trinajstić information content (AvgIpc) is 2.74. The highest BCUT2D eigenvalue weighted by molar-refractivity contribution is 7.15. The Bertz CT molecular complexity index is 342. The van der Waals surface area contributed by atoms with Crippen LogP contribution in [0.25, 0.3) is 0 Å². The molecular weight excluding hydrogens is 254 g/mol. The van der Waals surface area contributed by atoms with E-state index in [2.05, 4.69) is 15.2 Å². The molecule has 0 aliphatic carbocycles. The zero-order valence-electron chi connectivity index (χ0n) is 10.3. The molecule has 1 N–H and O–H groups in total. The maximum absolute atomic E-state index is 5.93. The van der Waals surface area contributed by atoms with Crippen molar-refractivity contribution in [3.05, 3.63) is 15.5 Å². The van der Waals surface area contributed by atoms with Gasteiger partial charge in [0.25, 0.3) is 0 Å². The van der Waals surface area contributed by atoms with Gasteiger partial charge in [-0.1, -0.05) is 18.0 Å². The van der Waals surface area contributed by atoms with Crippen molar-refractivity contribution in [1.29, 1.82) is 0 Å². The first-order valence-electron chi connectivity index (χ1n) is 6.28. The van der Waals surface area contributed by atoms with Crippen LogP contribution >= 0.6 is 22.9 Å². The van der Waals surface area contributed by atoms with Crippen molar-refractivity contribution in [2.24, 2.45) is 0 Å². The van der Waals surface area contributed by atoms with Gasteiger partial charge in [0.15, 0.2) is 0 Å². The maximum atomic E-state index is 5.93. The fourth-order valence-electron chi connectivity index (χ4n) is 2.44. The summed E-state index contributed by atoms with van der Waals surface area (Å²) in [5, 5.41) is 4.39. The smallest absolute Gasteiger partial charge is 0.113 e. The zero-order chi connectivity index (χ0) is 12.1. The minimum atomic E-state index is 0.707. The third kappa shape index (κ3) is 3.91. The van der Waals surface area contributed by atoms with Crippen LogP contribution in [-0.2, 0) is 6.54 Å². The van der Waals surface area contributed by atoms with Crippen molar-refractivity contribution < 1.29 is 0 Å². The Kier molecular flexibility index (Phi) is 5.22. The van der Waals surface area contributed by atoms with E-state index in [1.54, 1.807) is 17.5 Å². The number of thiazole rings is 1. The minimum absolute atomic E-state index is 0.707. The van der Waals surface area contributed by atoms with E-state index in [0.29, 0.717) is 6.04 Å². The summed E-state index contributed by atoms with van der Waals surface area (Å²) in [6.45, 7) is 3.26. The van der Waals surface area contributed by atoms with Gasteiger partial charge in [-0.25, -0.2) is 4.98 Å². The Hall–Kier alpha value is -0.160. The second-order valence-corrected chi connectivity index (χ2v) is 6.32. The largest absolute Gasteiger partial charge is 0.320 e. The zero-order valence-corrected chi connectivity index (χ0v) is 11.9. The van der Waals surface area contributed by atoms with Crippen LogP contribution in [0.1, 0.15) is 30.7 Å². The molecule has 2 rings (SSSR count). The van der Waals surface area contributed by atoms with Crippen LogP contribution in [0.2, 0.25) is 4.34 Å². The fraction of sp³-hybridized carbons (Fsp3) is 0.750. The van der Waals surface area contributed by atoms with Crippen molar-refractivity contribution in [3.8, 4) is 0 Å². The van der Waals surface area contributed by atoms with Crippen LogP contribution in [0.5, 0.6) is 0 Å². The summed E-state index contributed by atoms with van der Waals surface area (Å²) in [6.07, 6.45) is 6.99. The lowest BCUT2D eigenvalue weighted by Crippen LogP contribution is -2.40. The van der Waals surface area contributed by atoms with Crippen molar-refractivity contribution in [1.82, 2.24) is 15.2 Å². The molecule has 0 saturated carbocycles. The van der Waals surface area contributed by atoms with Crippen LogP contribution in [0, 0.1) is 0 Å². The summed E-state index contributed by atoms with van der Waals surface area (Å²) < 4.78 is 0.795. The van der Waals surface area contributed by atoms with E-state index in [4.69, 9.17) is 11.6 Å². The highest BCUT2D eigenvalue weighted by Gasteiger charge is 2.22. The number of hydrogen-bond acceptors (Lipinski definition) is 4. The van der Waals surface area contributed by atoms with E-state index in [1.165, 1.54) is 32.2 Å². The van der Waals surface area contributed by atoms with Gasteiger partial charge in [0.1, 0.15) is 9.34 Å². The summed E-state index contributed by atoms with van der Waals surface area (Å²) in [7, 11) is 2.02. The number of likely N-dealkylation sites (tertiary alicyclic amines) is 1. The molecule has 1 atom stereocenters. The molecule has 0 bridgehead atoms. The van der Waals surface area contributed by atoms with Crippen molar-refractivity contribution in [3.63, 3.8) is 0 Å². The van der Waals surface area contributed by atoms with E-state index in [-0.39, 0.29) is 0 Å². The third-order valence-corrected chi connectivity index (χ3v) is 4.44. The predicted octanol–water partition coefficient (Wildman–Crippen LogP) is 2.76. The Labute approximate surface area is 112 Å². The number of rotatable bonds is 5. The maximum Gasteiger partial charge on any atom is 0.113 e. The van der Waals surface area contributed by atoms with Gasteiger partial charge in [-0.2, -0.15) is 0 Å². The standard InChI is InChI=1S/C12H20ClN3S/c1-14-6-5-10-4-2-3-7-16(10)9-12-15-8-11(13)17-12/h8,10,14H,2-7,9H2,1H3. The van der Waals surface area contributed by atoms with Gasteiger partial charge in [0, 0.05) is 6.04 Å². The molecular formula is C12H20ClN3S. The molecule has 3 nitrogen and oxygen atoms in total. The van der Waals surface area contributed by atoms with Crippen molar-refractivity contribution in [2.75, 3.05) is 20.1 Å². The summed E-state index contributed by atoms with van der Waals surface area (Å²) in [5.41, 5.74) is 0. The molecule has 17 heavy (non-hydrogen) atoms. The SMILES string of the molecule is CNCCC1CCCCN1Cc1ncc(Cl)s1. The molecule has 5 heteroatoms. The Morgan fingerprint density at radius 1 is 1.59 bits per heavy atom. The first-order valence-corrected chi connectivity index (χ1v) is 7.48. The van der Waals surface area contributed by atoms with E-state index >= 15 is 0 Å². The molecule has 96 valence electrons. The van der Waals surface area contributed by atoms with E-state index in [1.807, 2.05) is 7.05 Å². The third-order valence-electron chi connectivity index (χ3n) is 3.34. The van der Waals surface area contributed by atoms with Gasteiger partial charge in [-0.05, 0) is 39.4 Å². The molecule has 1 aromatic heterocycles. The van der Waals surface area contributed by atoms with Crippen LogP contribution in [-0.4, -0.2) is 36.1 Å². The molecule has 2 heterocycles. The highest BCUT2D eigenvalue weighted by atomic mass is 35.5. The second kappa shape index (κ2) is 6.69. The van der Waals surface area contributed by atoms with Gasteiger partial charge in [-0.3, -0.25) is 4.90 Å². The van der Waals surface area contributed by atoms with Gasteiger partial charge in [0.05, 0.1) is 12.7 Å². The number of nitrogens with one attached hydrogen (secondary N) is 1. The summed E-state index contributed by atoms with van der Waals surface area (Å²) in [6, 6.07) is 0.707. The second-order valence-electron chi connectivity index (χ2n) is 4.57. The Morgan fingerprint density at radius 3 is 3.18 bits per heavy atom. The first kappa shape index (κ1) is 13.3. The van der Waals surface area contributed by atoms with E-state index < -0.39 is 0 Å². The van der Waals surface area contributed by atoms with Crippen molar-refractivity contribution in [2.45, 2.75) is 38.3 Å². The number of nitrogens with zero attached hydrogens (tertiary/aromatic N) is 2. The van der Waals surface area contributed by atoms with Gasteiger partial charge < -0.3 is 5.32 Å². The number of hydrogen-bond donors (Lipinski definition) is 1. The lowest BCUT2D eigenvalue weighted by molar-refractivity contribution is 0.132. The molecule has 1 aromatic rings. The lowest BCUT2D eigenvalue weighted by Gasteiger charge is -2.35. The summed E-state index contributed by atoms with van der Waals surface area (Å²) in [5.74, 6) is 0. The van der Waals surface area contributed by atoms with E-state index in [9.17, 15) is 0 Å². The monoisotopic (exact) mass is 273 g/mol. The molecule has 1 unspecified atom stereocenters. The minimum Gasteiger partial charge on any atom is -0.320 e. The fourth-order valence-corrected chi connectivity index (χ4v) is 3.42. The van der Waals surface area contributed by atoms with Gasteiger partial charge in [0.2, 0.25) is 0 Å². The van der Waals surface area contributed by atoms with Crippen LogP contribution in [0.15, 0.2) is 6.20 Å². The quantitative estimate of drug-likeness (QED) is 0.894. The normalized spacial score (nSPS) is 21.9. The first-order chi connectivity index (χ1) is 8.29. The predicted molar refractivity (Wildman–Crippen MR) is 73.7 cm³/mol. The molecule has 1 aliphatic rings. The molecule has 0 amide bonds. The van der Waals surface area contributed by atoms with Crippen LogP contribution in [0.3, 0.4) is 0 Å². The molecule has 1 aliphatic heterocycles. The molecule has 0 spiro atoms. The number of piperidine rings is 1. The van der Waals surface area contributed by atoms with Crippen molar-refractivity contribution >= 4 is 22.9 Å².